The fraction of sp³-hybridized carbons (Fsp3) is 0.583. The Bertz CT molecular complexity index is 1460. The molecule has 1 atom stereocenters. The number of hydrogen-bond donors (Lipinski definition) is 0. The summed E-state index contributed by atoms with van der Waals surface area (Å²) in [5.41, 5.74) is 0. The third kappa shape index (κ3) is 50.5. The van der Waals surface area contributed by atoms with Crippen LogP contribution in [-0.2, 0) is 28.6 Å². The molecule has 0 spiro atoms. The van der Waals surface area contributed by atoms with Crippen LogP contribution in [0, 0.1) is 0 Å². The highest BCUT2D eigenvalue weighted by atomic mass is 16.6. The SMILES string of the molecule is CC\C=C/C=C\C=C/C=C\CCCCCC(=O)OCC(COC(=O)CCCCCCC\C=C/C=C\C=C/CCCCCCC)OC(=O)CCC/C=C\C/C=C\C/C=C\C/C=C\CCCCC. The van der Waals surface area contributed by atoms with E-state index in [1.165, 1.54) is 57.8 Å². The van der Waals surface area contributed by atoms with E-state index in [0.29, 0.717) is 19.3 Å². The zero-order valence-electron chi connectivity index (χ0n) is 42.1. The van der Waals surface area contributed by atoms with Crippen LogP contribution in [0.1, 0.15) is 207 Å². The molecule has 6 heteroatoms. The van der Waals surface area contributed by atoms with E-state index >= 15 is 0 Å². The summed E-state index contributed by atoms with van der Waals surface area (Å²) in [5, 5.41) is 0. The number of carbonyl (C=O) groups excluding carboxylic acids is 3. The third-order valence-electron chi connectivity index (χ3n) is 10.5. The lowest BCUT2D eigenvalue weighted by atomic mass is 10.1. The molecule has 0 saturated heterocycles. The standard InChI is InChI=1S/C60H94O6/c1-4-7-10-13-16-19-22-25-27-29-31-32-35-38-41-44-47-50-53-59(62)65-56-57(55-64-58(61)52-49-46-43-40-37-34-24-21-18-15-12-9-6-3)66-60(63)54-51-48-45-42-39-36-33-30-28-26-23-20-17-14-11-8-5-2/h9,12,15,17-18,20-22,24-29,31-34,36-37,42,45,57H,4-8,10-11,13-14,16,19,23,30,35,38-41,43-44,46-56H2,1-3H3/b12-9-,18-15-,20-17-,24-21-,25-22-,28-26-,29-27-,32-31-,36-33-,37-34-,45-42-. The quantitative estimate of drug-likeness (QED) is 0.0199. The second kappa shape index (κ2) is 53.2. The Kier molecular flexibility index (Phi) is 49.6. The minimum atomic E-state index is -0.836. The predicted molar refractivity (Wildman–Crippen MR) is 283 cm³/mol. The van der Waals surface area contributed by atoms with E-state index in [2.05, 4.69) is 118 Å². The van der Waals surface area contributed by atoms with Crippen LogP contribution in [0.5, 0.6) is 0 Å². The lowest BCUT2D eigenvalue weighted by molar-refractivity contribution is -0.167. The van der Waals surface area contributed by atoms with Crippen molar-refractivity contribution in [3.05, 3.63) is 134 Å². The van der Waals surface area contributed by atoms with Crippen molar-refractivity contribution in [2.75, 3.05) is 13.2 Å². The number of esters is 3. The van der Waals surface area contributed by atoms with Gasteiger partial charge in [-0.15, -0.1) is 0 Å². The van der Waals surface area contributed by atoms with Crippen molar-refractivity contribution >= 4 is 17.9 Å². The van der Waals surface area contributed by atoms with Crippen LogP contribution < -0.4 is 0 Å². The van der Waals surface area contributed by atoms with Crippen LogP contribution in [0.15, 0.2) is 134 Å². The summed E-state index contributed by atoms with van der Waals surface area (Å²) in [6, 6.07) is 0. The minimum absolute atomic E-state index is 0.128. The lowest BCUT2D eigenvalue weighted by Crippen LogP contribution is -2.30. The Balaban J connectivity index is 4.59. The summed E-state index contributed by atoms with van der Waals surface area (Å²) in [4.78, 5) is 38.0. The van der Waals surface area contributed by atoms with E-state index in [1.54, 1.807) is 0 Å². The van der Waals surface area contributed by atoms with Crippen molar-refractivity contribution in [1.82, 2.24) is 0 Å². The van der Waals surface area contributed by atoms with Gasteiger partial charge in [-0.25, -0.2) is 0 Å². The van der Waals surface area contributed by atoms with E-state index in [-0.39, 0.29) is 37.5 Å². The third-order valence-corrected chi connectivity index (χ3v) is 10.5. The molecule has 0 rings (SSSR count). The molecule has 0 aromatic carbocycles. The highest BCUT2D eigenvalue weighted by Gasteiger charge is 2.19. The van der Waals surface area contributed by atoms with Crippen LogP contribution in [0.4, 0.5) is 0 Å². The number of unbranched alkanes of at least 4 members (excludes halogenated alkanes) is 17. The zero-order valence-corrected chi connectivity index (χ0v) is 42.1. The molecule has 0 saturated carbocycles. The molecule has 0 aliphatic heterocycles. The van der Waals surface area contributed by atoms with Gasteiger partial charge < -0.3 is 14.2 Å². The average Bonchev–Trinajstić information content (AvgIpc) is 3.31. The summed E-state index contributed by atoms with van der Waals surface area (Å²) in [6.45, 7) is 6.33. The smallest absolute Gasteiger partial charge is 0.306 e. The number of allylic oxidation sites excluding steroid dienone is 22. The molecule has 370 valence electrons. The first-order chi connectivity index (χ1) is 32.5. The molecule has 0 radical (unpaired) electrons. The van der Waals surface area contributed by atoms with E-state index in [9.17, 15) is 14.4 Å². The molecular weight excluding hydrogens is 817 g/mol. The van der Waals surface area contributed by atoms with Gasteiger partial charge in [0.05, 0.1) is 0 Å². The van der Waals surface area contributed by atoms with Gasteiger partial charge in [0, 0.05) is 19.3 Å². The Morgan fingerprint density at radius 1 is 0.333 bits per heavy atom. The predicted octanol–water partition coefficient (Wildman–Crippen LogP) is 17.5. The fourth-order valence-electron chi connectivity index (χ4n) is 6.56. The normalized spacial score (nSPS) is 13.2. The van der Waals surface area contributed by atoms with Crippen molar-refractivity contribution in [3.8, 4) is 0 Å². The zero-order chi connectivity index (χ0) is 47.9. The summed E-state index contributed by atoms with van der Waals surface area (Å²) in [6.07, 6.45) is 74.4. The second-order valence-electron chi connectivity index (χ2n) is 16.8. The molecule has 0 bridgehead atoms. The van der Waals surface area contributed by atoms with Crippen molar-refractivity contribution in [3.63, 3.8) is 0 Å². The molecule has 0 fully saturated rings. The van der Waals surface area contributed by atoms with Gasteiger partial charge in [-0.3, -0.25) is 14.4 Å². The second-order valence-corrected chi connectivity index (χ2v) is 16.8. The molecule has 0 amide bonds. The Labute approximate surface area is 405 Å². The highest BCUT2D eigenvalue weighted by molar-refractivity contribution is 5.71. The van der Waals surface area contributed by atoms with Crippen LogP contribution in [0.25, 0.3) is 0 Å². The maximum atomic E-state index is 12.8. The van der Waals surface area contributed by atoms with Gasteiger partial charge in [0.1, 0.15) is 13.2 Å². The van der Waals surface area contributed by atoms with Crippen molar-refractivity contribution in [2.45, 2.75) is 213 Å². The maximum Gasteiger partial charge on any atom is 0.306 e. The molecule has 0 N–H and O–H groups in total. The molecule has 6 nitrogen and oxygen atoms in total. The maximum absolute atomic E-state index is 12.8. The molecule has 0 aliphatic rings. The van der Waals surface area contributed by atoms with E-state index < -0.39 is 6.10 Å². The first-order valence-corrected chi connectivity index (χ1v) is 26.3. The molecule has 0 aromatic rings. The topological polar surface area (TPSA) is 78.9 Å². The largest absolute Gasteiger partial charge is 0.462 e. The van der Waals surface area contributed by atoms with Crippen LogP contribution in [0.2, 0.25) is 0 Å². The number of rotatable bonds is 45. The summed E-state index contributed by atoms with van der Waals surface area (Å²) in [5.74, 6) is -1.05. The number of ether oxygens (including phenoxy) is 3. The van der Waals surface area contributed by atoms with Gasteiger partial charge in [0.2, 0.25) is 0 Å². The van der Waals surface area contributed by atoms with Crippen LogP contribution >= 0.6 is 0 Å². The molecule has 1 unspecified atom stereocenters. The Morgan fingerprint density at radius 2 is 0.667 bits per heavy atom. The Hall–Kier alpha value is -4.45. The van der Waals surface area contributed by atoms with Gasteiger partial charge in [0.15, 0.2) is 6.10 Å². The van der Waals surface area contributed by atoms with Gasteiger partial charge in [0.25, 0.3) is 0 Å². The molecule has 0 aliphatic carbocycles. The van der Waals surface area contributed by atoms with Gasteiger partial charge >= 0.3 is 17.9 Å². The van der Waals surface area contributed by atoms with Crippen molar-refractivity contribution < 1.29 is 28.6 Å². The van der Waals surface area contributed by atoms with E-state index in [1.807, 2.05) is 36.5 Å². The summed E-state index contributed by atoms with van der Waals surface area (Å²) in [7, 11) is 0. The van der Waals surface area contributed by atoms with Gasteiger partial charge in [-0.2, -0.15) is 0 Å². The highest BCUT2D eigenvalue weighted by Crippen LogP contribution is 2.11. The van der Waals surface area contributed by atoms with Crippen LogP contribution in [0.3, 0.4) is 0 Å². The van der Waals surface area contributed by atoms with Crippen molar-refractivity contribution in [1.29, 1.82) is 0 Å². The fourth-order valence-corrected chi connectivity index (χ4v) is 6.56. The average molecular weight is 911 g/mol. The molecular formula is C60H94O6. The van der Waals surface area contributed by atoms with E-state index in [4.69, 9.17) is 14.2 Å². The van der Waals surface area contributed by atoms with Gasteiger partial charge in [-0.05, 0) is 103 Å². The van der Waals surface area contributed by atoms with E-state index in [0.717, 1.165) is 103 Å². The lowest BCUT2D eigenvalue weighted by Gasteiger charge is -2.18. The summed E-state index contributed by atoms with van der Waals surface area (Å²) >= 11 is 0. The van der Waals surface area contributed by atoms with Crippen molar-refractivity contribution in [2.24, 2.45) is 0 Å². The first-order valence-electron chi connectivity index (χ1n) is 26.3. The van der Waals surface area contributed by atoms with Gasteiger partial charge in [-0.1, -0.05) is 219 Å². The molecule has 0 aromatic heterocycles. The van der Waals surface area contributed by atoms with Crippen LogP contribution in [-0.4, -0.2) is 37.2 Å². The number of hydrogen-bond acceptors (Lipinski definition) is 6. The Morgan fingerprint density at radius 3 is 1.15 bits per heavy atom. The molecule has 0 heterocycles. The monoisotopic (exact) mass is 911 g/mol. The first kappa shape index (κ1) is 61.5. The number of carbonyl (C=O) groups is 3. The summed E-state index contributed by atoms with van der Waals surface area (Å²) < 4.78 is 16.7. The molecule has 66 heavy (non-hydrogen) atoms. The minimum Gasteiger partial charge on any atom is -0.462 e.